The Balaban J connectivity index is 1.62. The molecule has 1 aliphatic heterocycles. The summed E-state index contributed by atoms with van der Waals surface area (Å²) in [7, 11) is 1.64. The van der Waals surface area contributed by atoms with Crippen molar-refractivity contribution >= 4 is 6.16 Å². The third kappa shape index (κ3) is 6.37. The first-order valence-corrected chi connectivity index (χ1v) is 10.1. The van der Waals surface area contributed by atoms with Gasteiger partial charge in [0.25, 0.3) is 0 Å². The van der Waals surface area contributed by atoms with Gasteiger partial charge in [-0.3, -0.25) is 0 Å². The van der Waals surface area contributed by atoms with Crippen molar-refractivity contribution in [3.05, 3.63) is 59.7 Å². The number of rotatable bonds is 8. The highest BCUT2D eigenvalue weighted by atomic mass is 16.7. The molecule has 1 saturated heterocycles. The Morgan fingerprint density at radius 1 is 1.10 bits per heavy atom. The lowest BCUT2D eigenvalue weighted by molar-refractivity contribution is -0.186. The van der Waals surface area contributed by atoms with Crippen molar-refractivity contribution in [1.29, 1.82) is 0 Å². The van der Waals surface area contributed by atoms with Crippen molar-refractivity contribution in [2.75, 3.05) is 20.3 Å². The predicted octanol–water partition coefficient (Wildman–Crippen LogP) is 3.70. The number of ether oxygens (including phenoxy) is 5. The first kappa shape index (κ1) is 21.9. The van der Waals surface area contributed by atoms with Gasteiger partial charge in [0.05, 0.1) is 25.9 Å². The number of benzene rings is 2. The van der Waals surface area contributed by atoms with Gasteiger partial charge in [-0.05, 0) is 36.2 Å². The SMILES string of the molecule is CCOC(=O)OC[C@@H]1C[C@H](O)C[C@H](Oc2ccccc2Cc2ccc(OC)cc2)O1. The molecule has 1 aliphatic rings. The van der Waals surface area contributed by atoms with E-state index in [1.54, 1.807) is 14.0 Å². The molecule has 3 atom stereocenters. The van der Waals surface area contributed by atoms with Gasteiger partial charge in [0.2, 0.25) is 6.29 Å². The van der Waals surface area contributed by atoms with Crippen molar-refractivity contribution in [2.45, 2.75) is 44.7 Å². The second-order valence-electron chi connectivity index (χ2n) is 7.06. The normalized spacial score (nSPS) is 21.0. The summed E-state index contributed by atoms with van der Waals surface area (Å²) in [5.41, 5.74) is 2.13. The van der Waals surface area contributed by atoms with Gasteiger partial charge in [-0.1, -0.05) is 30.3 Å². The van der Waals surface area contributed by atoms with Crippen molar-refractivity contribution in [1.82, 2.24) is 0 Å². The van der Waals surface area contributed by atoms with Gasteiger partial charge in [0.15, 0.2) is 0 Å². The molecule has 0 aliphatic carbocycles. The molecule has 30 heavy (non-hydrogen) atoms. The summed E-state index contributed by atoms with van der Waals surface area (Å²) in [6.45, 7) is 1.95. The molecule has 0 unspecified atom stereocenters. The number of carbonyl (C=O) groups is 1. The summed E-state index contributed by atoms with van der Waals surface area (Å²) in [6, 6.07) is 15.6. The molecule has 3 rings (SSSR count). The maximum Gasteiger partial charge on any atom is 0.508 e. The summed E-state index contributed by atoms with van der Waals surface area (Å²) in [6.07, 6.45) is -1.06. The van der Waals surface area contributed by atoms with Crippen molar-refractivity contribution < 1.29 is 33.6 Å². The molecule has 7 heteroatoms. The van der Waals surface area contributed by atoms with Gasteiger partial charge >= 0.3 is 6.16 Å². The zero-order chi connectivity index (χ0) is 21.3. The van der Waals surface area contributed by atoms with Crippen LogP contribution in [-0.2, 0) is 20.6 Å². The molecule has 0 aromatic heterocycles. The molecule has 2 aromatic carbocycles. The van der Waals surface area contributed by atoms with E-state index >= 15 is 0 Å². The minimum Gasteiger partial charge on any atom is -0.497 e. The number of aliphatic hydroxyl groups is 1. The van der Waals surface area contributed by atoms with Crippen LogP contribution < -0.4 is 9.47 Å². The Morgan fingerprint density at radius 3 is 2.60 bits per heavy atom. The molecule has 2 aromatic rings. The minimum absolute atomic E-state index is 0.00322. The van der Waals surface area contributed by atoms with Crippen LogP contribution in [0.2, 0.25) is 0 Å². The van der Waals surface area contributed by atoms with Gasteiger partial charge in [0.1, 0.15) is 18.1 Å². The first-order chi connectivity index (χ1) is 14.6. The van der Waals surface area contributed by atoms with Crippen molar-refractivity contribution in [2.24, 2.45) is 0 Å². The lowest BCUT2D eigenvalue weighted by Gasteiger charge is -2.33. The van der Waals surface area contributed by atoms with E-state index < -0.39 is 24.7 Å². The predicted molar refractivity (Wildman–Crippen MR) is 110 cm³/mol. The molecular weight excluding hydrogens is 388 g/mol. The molecule has 162 valence electrons. The first-order valence-electron chi connectivity index (χ1n) is 10.1. The quantitative estimate of drug-likeness (QED) is 0.657. The van der Waals surface area contributed by atoms with Crippen LogP contribution in [0.1, 0.15) is 30.9 Å². The number of methoxy groups -OCH3 is 1. The third-order valence-corrected chi connectivity index (χ3v) is 4.78. The van der Waals surface area contributed by atoms with E-state index in [4.69, 9.17) is 23.7 Å². The Hall–Kier alpha value is -2.77. The van der Waals surface area contributed by atoms with Crippen molar-refractivity contribution in [3.63, 3.8) is 0 Å². The van der Waals surface area contributed by atoms with Crippen molar-refractivity contribution in [3.8, 4) is 11.5 Å². The van der Waals surface area contributed by atoms with E-state index in [1.807, 2.05) is 48.5 Å². The molecule has 7 nitrogen and oxygen atoms in total. The van der Waals surface area contributed by atoms with Crippen LogP contribution in [0.25, 0.3) is 0 Å². The molecule has 1 heterocycles. The van der Waals surface area contributed by atoms with E-state index in [2.05, 4.69) is 0 Å². The van der Waals surface area contributed by atoms with Crippen LogP contribution >= 0.6 is 0 Å². The number of aliphatic hydroxyl groups excluding tert-OH is 1. The van der Waals surface area contributed by atoms with Crippen LogP contribution in [0.15, 0.2) is 48.5 Å². The van der Waals surface area contributed by atoms with E-state index in [-0.39, 0.29) is 13.2 Å². The Bertz CT molecular complexity index is 805. The van der Waals surface area contributed by atoms with Crippen LogP contribution in [0.3, 0.4) is 0 Å². The lowest BCUT2D eigenvalue weighted by atomic mass is 10.0. The average Bonchev–Trinajstić information content (AvgIpc) is 2.74. The average molecular weight is 416 g/mol. The second-order valence-corrected chi connectivity index (χ2v) is 7.06. The zero-order valence-corrected chi connectivity index (χ0v) is 17.3. The molecule has 0 radical (unpaired) electrons. The number of hydrogen-bond donors (Lipinski definition) is 1. The molecule has 1 N–H and O–H groups in total. The summed E-state index contributed by atoms with van der Waals surface area (Å²) in [5.74, 6) is 1.50. The van der Waals surface area contributed by atoms with E-state index in [0.717, 1.165) is 16.9 Å². The summed E-state index contributed by atoms with van der Waals surface area (Å²) in [5, 5.41) is 10.2. The smallest absolute Gasteiger partial charge is 0.497 e. The van der Waals surface area contributed by atoms with Crippen LogP contribution in [-0.4, -0.2) is 50.1 Å². The monoisotopic (exact) mass is 416 g/mol. The largest absolute Gasteiger partial charge is 0.508 e. The fraction of sp³-hybridized carbons (Fsp3) is 0.435. The summed E-state index contributed by atoms with van der Waals surface area (Å²) < 4.78 is 27.0. The topological polar surface area (TPSA) is 83.5 Å². The fourth-order valence-electron chi connectivity index (χ4n) is 3.32. The summed E-state index contributed by atoms with van der Waals surface area (Å²) in [4.78, 5) is 11.4. The van der Waals surface area contributed by atoms with Crippen LogP contribution in [0.4, 0.5) is 4.79 Å². The number of hydrogen-bond acceptors (Lipinski definition) is 7. The highest BCUT2D eigenvalue weighted by Gasteiger charge is 2.31. The van der Waals surface area contributed by atoms with Gasteiger partial charge in [-0.15, -0.1) is 0 Å². The summed E-state index contributed by atoms with van der Waals surface area (Å²) >= 11 is 0. The van der Waals surface area contributed by atoms with Crippen LogP contribution in [0.5, 0.6) is 11.5 Å². The maximum atomic E-state index is 11.4. The fourth-order valence-corrected chi connectivity index (χ4v) is 3.32. The molecule has 0 spiro atoms. The standard InChI is InChI=1S/C23H28O7/c1-3-27-23(25)28-15-20-13-18(24)14-22(29-20)30-21-7-5-4-6-17(21)12-16-8-10-19(26-2)11-9-16/h4-11,18,20,22,24H,3,12-15H2,1-2H3/t18-,20-,22-/m0/s1. The lowest BCUT2D eigenvalue weighted by Crippen LogP contribution is -2.41. The highest BCUT2D eigenvalue weighted by Crippen LogP contribution is 2.28. The van der Waals surface area contributed by atoms with Gasteiger partial charge in [-0.2, -0.15) is 0 Å². The number of para-hydroxylation sites is 1. The second kappa shape index (κ2) is 10.8. The van der Waals surface area contributed by atoms with E-state index in [1.165, 1.54) is 0 Å². The minimum atomic E-state index is -0.747. The van der Waals surface area contributed by atoms with Gasteiger partial charge in [0, 0.05) is 19.3 Å². The molecule has 1 fully saturated rings. The van der Waals surface area contributed by atoms with Crippen LogP contribution in [0, 0.1) is 0 Å². The highest BCUT2D eigenvalue weighted by molar-refractivity contribution is 5.59. The molecular formula is C23H28O7. The Labute approximate surface area is 176 Å². The van der Waals surface area contributed by atoms with E-state index in [9.17, 15) is 9.90 Å². The zero-order valence-electron chi connectivity index (χ0n) is 17.3. The molecule has 0 amide bonds. The third-order valence-electron chi connectivity index (χ3n) is 4.78. The van der Waals surface area contributed by atoms with Gasteiger partial charge in [-0.25, -0.2) is 4.79 Å². The van der Waals surface area contributed by atoms with Gasteiger partial charge < -0.3 is 28.8 Å². The number of carbonyl (C=O) groups excluding carboxylic acids is 1. The Kier molecular flexibility index (Phi) is 7.93. The maximum absolute atomic E-state index is 11.4. The Morgan fingerprint density at radius 2 is 1.87 bits per heavy atom. The van der Waals surface area contributed by atoms with E-state index in [0.29, 0.717) is 25.0 Å². The molecule has 0 bridgehead atoms. The molecule has 0 saturated carbocycles.